The zero-order valence-electron chi connectivity index (χ0n) is 16.7. The van der Waals surface area contributed by atoms with Crippen molar-refractivity contribution in [1.29, 1.82) is 0 Å². The molecule has 1 atom stereocenters. The molecule has 0 spiro atoms. The lowest BCUT2D eigenvalue weighted by Crippen LogP contribution is -2.15. The van der Waals surface area contributed by atoms with Crippen molar-refractivity contribution in [3.63, 3.8) is 0 Å². The third kappa shape index (κ3) is 4.83. The lowest BCUT2D eigenvalue weighted by Gasteiger charge is -2.22. The van der Waals surface area contributed by atoms with Crippen LogP contribution in [0.25, 0.3) is 10.9 Å². The molecule has 164 valence electrons. The predicted molar refractivity (Wildman–Crippen MR) is 113 cm³/mol. The molecule has 1 aromatic carbocycles. The quantitative estimate of drug-likeness (QED) is 0.411. The lowest BCUT2D eigenvalue weighted by atomic mass is 9.95. The number of pyridine rings is 1. The summed E-state index contributed by atoms with van der Waals surface area (Å²) in [5.41, 5.74) is 6.79. The van der Waals surface area contributed by atoms with Gasteiger partial charge in [-0.2, -0.15) is 13.2 Å². The molecule has 4 rings (SSSR count). The van der Waals surface area contributed by atoms with Crippen LogP contribution in [0.1, 0.15) is 48.5 Å². The van der Waals surface area contributed by atoms with Crippen molar-refractivity contribution >= 4 is 34.0 Å². The number of rotatable bonds is 4. The number of nitrogens with zero attached hydrogens (tertiary/aromatic N) is 3. The van der Waals surface area contributed by atoms with Gasteiger partial charge in [-0.15, -0.1) is 0 Å². The third-order valence-electron chi connectivity index (χ3n) is 5.37. The van der Waals surface area contributed by atoms with E-state index in [9.17, 15) is 13.2 Å². The molecule has 6 nitrogen and oxygen atoms in total. The molecule has 2 aromatic heterocycles. The Labute approximate surface area is 182 Å². The summed E-state index contributed by atoms with van der Waals surface area (Å²) in [6, 6.07) is 4.90. The number of halogens is 4. The van der Waals surface area contributed by atoms with Crippen LogP contribution >= 0.6 is 11.6 Å². The Bertz CT molecular complexity index is 1100. The minimum atomic E-state index is -4.49. The molecule has 0 amide bonds. The van der Waals surface area contributed by atoms with Crippen LogP contribution in [0.4, 0.5) is 24.7 Å². The molecule has 1 unspecified atom stereocenters. The molecule has 3 N–H and O–H groups in total. The highest BCUT2D eigenvalue weighted by Gasteiger charge is 2.31. The van der Waals surface area contributed by atoms with E-state index in [2.05, 4.69) is 20.3 Å². The van der Waals surface area contributed by atoms with Gasteiger partial charge in [0.15, 0.2) is 0 Å². The first kappa shape index (κ1) is 21.6. The fraction of sp³-hybridized carbons (Fsp3) is 0.381. The smallest absolute Gasteiger partial charge is 0.399 e. The molecule has 0 aliphatic carbocycles. The molecular weight excluding hydrogens is 431 g/mol. The van der Waals surface area contributed by atoms with Crippen LogP contribution in [0.2, 0.25) is 5.28 Å². The maximum absolute atomic E-state index is 13.2. The SMILES string of the molecule is CC(Nc1nc(Cl)nc2cnc(C3CCOCC3)cc12)c1cc(N)cc(C(F)(F)F)c1. The van der Waals surface area contributed by atoms with Crippen molar-refractivity contribution in [2.75, 3.05) is 24.3 Å². The van der Waals surface area contributed by atoms with E-state index in [1.54, 1.807) is 13.1 Å². The van der Waals surface area contributed by atoms with Gasteiger partial charge in [0.05, 0.1) is 23.3 Å². The molecular formula is C21H21ClF3N5O. The van der Waals surface area contributed by atoms with Crippen LogP contribution in [0.15, 0.2) is 30.5 Å². The molecule has 1 fully saturated rings. The van der Waals surface area contributed by atoms with Gasteiger partial charge in [-0.05, 0) is 61.2 Å². The zero-order valence-corrected chi connectivity index (χ0v) is 17.5. The summed E-state index contributed by atoms with van der Waals surface area (Å²) in [6.45, 7) is 3.10. The van der Waals surface area contributed by atoms with Gasteiger partial charge < -0.3 is 15.8 Å². The summed E-state index contributed by atoms with van der Waals surface area (Å²) in [4.78, 5) is 13.0. The lowest BCUT2D eigenvalue weighted by molar-refractivity contribution is -0.137. The van der Waals surface area contributed by atoms with Gasteiger partial charge in [-0.1, -0.05) is 0 Å². The molecule has 10 heteroatoms. The van der Waals surface area contributed by atoms with E-state index < -0.39 is 17.8 Å². The first-order chi connectivity index (χ1) is 14.7. The number of hydrogen-bond acceptors (Lipinski definition) is 6. The Morgan fingerprint density at radius 3 is 2.61 bits per heavy atom. The summed E-state index contributed by atoms with van der Waals surface area (Å²) >= 11 is 6.08. The number of fused-ring (bicyclic) bond motifs is 1. The highest BCUT2D eigenvalue weighted by molar-refractivity contribution is 6.28. The van der Waals surface area contributed by atoms with Gasteiger partial charge in [0, 0.05) is 35.9 Å². The molecule has 1 saturated heterocycles. The second-order valence-corrected chi connectivity index (χ2v) is 7.94. The summed E-state index contributed by atoms with van der Waals surface area (Å²) in [5, 5.41) is 3.89. The number of benzene rings is 1. The van der Waals surface area contributed by atoms with Gasteiger partial charge in [0.25, 0.3) is 0 Å². The van der Waals surface area contributed by atoms with Crippen molar-refractivity contribution in [2.45, 2.75) is 37.9 Å². The largest absolute Gasteiger partial charge is 0.416 e. The second-order valence-electron chi connectivity index (χ2n) is 7.61. The fourth-order valence-electron chi connectivity index (χ4n) is 3.73. The molecule has 1 aliphatic rings. The van der Waals surface area contributed by atoms with Gasteiger partial charge >= 0.3 is 6.18 Å². The topological polar surface area (TPSA) is 86.0 Å². The van der Waals surface area contributed by atoms with E-state index in [0.717, 1.165) is 30.7 Å². The van der Waals surface area contributed by atoms with Gasteiger partial charge in [-0.25, -0.2) is 9.97 Å². The average molecular weight is 452 g/mol. The Hall–Kier alpha value is -2.65. The van der Waals surface area contributed by atoms with Crippen LogP contribution in [0.5, 0.6) is 0 Å². The first-order valence-electron chi connectivity index (χ1n) is 9.86. The average Bonchev–Trinajstić information content (AvgIpc) is 2.73. The minimum absolute atomic E-state index is 0.0198. The minimum Gasteiger partial charge on any atom is -0.399 e. The third-order valence-corrected chi connectivity index (χ3v) is 5.54. The standard InChI is InChI=1S/C21H21ClF3N5O/c1-11(13-6-14(21(23,24)25)8-15(26)7-13)28-19-16-9-17(12-2-4-31-5-3-12)27-10-18(16)29-20(22)30-19/h6-12H,2-5,26H2,1H3,(H,28,29,30). The second kappa shape index (κ2) is 8.47. The number of hydrogen-bond donors (Lipinski definition) is 2. The number of anilines is 2. The summed E-state index contributed by atoms with van der Waals surface area (Å²) in [5.74, 6) is 0.691. The van der Waals surface area contributed by atoms with Crippen LogP contribution in [-0.2, 0) is 10.9 Å². The monoisotopic (exact) mass is 451 g/mol. The van der Waals surface area contributed by atoms with E-state index in [4.69, 9.17) is 22.1 Å². The van der Waals surface area contributed by atoms with Gasteiger partial charge in [0.2, 0.25) is 5.28 Å². The van der Waals surface area contributed by atoms with Crippen molar-refractivity contribution in [3.8, 4) is 0 Å². The summed E-state index contributed by atoms with van der Waals surface area (Å²) < 4.78 is 45.0. The Kier molecular flexibility index (Phi) is 5.90. The maximum atomic E-state index is 13.2. The summed E-state index contributed by atoms with van der Waals surface area (Å²) in [6.07, 6.45) is -1.10. The number of alkyl halides is 3. The predicted octanol–water partition coefficient (Wildman–Crippen LogP) is 5.35. The molecule has 0 radical (unpaired) electrons. The van der Waals surface area contributed by atoms with E-state index in [-0.39, 0.29) is 16.9 Å². The Morgan fingerprint density at radius 2 is 1.90 bits per heavy atom. The highest BCUT2D eigenvalue weighted by atomic mass is 35.5. The van der Waals surface area contributed by atoms with Crippen molar-refractivity contribution < 1.29 is 17.9 Å². The van der Waals surface area contributed by atoms with Crippen molar-refractivity contribution in [3.05, 3.63) is 52.6 Å². The number of ether oxygens (including phenoxy) is 1. The van der Waals surface area contributed by atoms with Crippen molar-refractivity contribution in [2.24, 2.45) is 0 Å². The number of nitrogen functional groups attached to an aromatic ring is 1. The van der Waals surface area contributed by atoms with E-state index >= 15 is 0 Å². The normalized spacial score (nSPS) is 16.4. The molecule has 3 heterocycles. The van der Waals surface area contributed by atoms with Crippen LogP contribution < -0.4 is 11.1 Å². The van der Waals surface area contributed by atoms with E-state index in [1.807, 2.05) is 6.07 Å². The highest BCUT2D eigenvalue weighted by Crippen LogP contribution is 2.35. The number of nitrogens with two attached hydrogens (primary N) is 1. The van der Waals surface area contributed by atoms with Gasteiger partial charge in [-0.3, -0.25) is 4.98 Å². The zero-order chi connectivity index (χ0) is 22.2. The summed E-state index contributed by atoms with van der Waals surface area (Å²) in [7, 11) is 0. The molecule has 3 aromatic rings. The van der Waals surface area contributed by atoms with Gasteiger partial charge in [0.1, 0.15) is 5.82 Å². The molecule has 1 aliphatic heterocycles. The molecule has 0 saturated carbocycles. The Morgan fingerprint density at radius 1 is 1.16 bits per heavy atom. The van der Waals surface area contributed by atoms with Crippen LogP contribution in [-0.4, -0.2) is 28.2 Å². The van der Waals surface area contributed by atoms with E-state index in [1.165, 1.54) is 6.07 Å². The van der Waals surface area contributed by atoms with Crippen molar-refractivity contribution in [1.82, 2.24) is 15.0 Å². The van der Waals surface area contributed by atoms with E-state index in [0.29, 0.717) is 35.5 Å². The number of aromatic nitrogens is 3. The fourth-order valence-corrected chi connectivity index (χ4v) is 3.90. The molecule has 31 heavy (non-hydrogen) atoms. The number of nitrogens with one attached hydrogen (secondary N) is 1. The molecule has 0 bridgehead atoms. The van der Waals surface area contributed by atoms with Crippen LogP contribution in [0.3, 0.4) is 0 Å². The Balaban J connectivity index is 1.69. The first-order valence-corrected chi connectivity index (χ1v) is 10.2. The maximum Gasteiger partial charge on any atom is 0.416 e. The van der Waals surface area contributed by atoms with Crippen LogP contribution in [0, 0.1) is 0 Å².